The standard InChI is InChI=1S/C27H23F6N5O5/c1-14-15(2)24(40)35-38(43-26(42)27(31,32)33)20(14)11-16-5-6-19(28)18(10-16)25(41)36-8-9-37(21(39)13-36)22(23(29)30)17-4-3-7-34-12-17/h3-7,10,12,22-23H,8-9,11,13H2,1-2H3/p+1. The number of aromatic amines is 1. The van der Waals surface area contributed by atoms with E-state index in [0.717, 1.165) is 21.9 Å². The molecule has 1 aliphatic heterocycles. The molecule has 3 heterocycles. The number of amides is 2. The van der Waals surface area contributed by atoms with Gasteiger partial charge in [0, 0.05) is 36.6 Å². The first-order valence-electron chi connectivity index (χ1n) is 12.7. The molecule has 1 aliphatic rings. The van der Waals surface area contributed by atoms with Crippen LogP contribution in [0.1, 0.15) is 44.3 Å². The summed E-state index contributed by atoms with van der Waals surface area (Å²) >= 11 is 0. The van der Waals surface area contributed by atoms with Gasteiger partial charge < -0.3 is 9.80 Å². The molecule has 228 valence electrons. The van der Waals surface area contributed by atoms with Crippen molar-refractivity contribution in [3.05, 3.63) is 92.4 Å². The maximum atomic E-state index is 14.8. The number of piperazine rings is 1. The molecule has 43 heavy (non-hydrogen) atoms. The number of hydrogen-bond donors (Lipinski definition) is 1. The van der Waals surface area contributed by atoms with Crippen LogP contribution < -0.4 is 15.2 Å². The first-order valence-corrected chi connectivity index (χ1v) is 12.7. The maximum Gasteiger partial charge on any atom is 0.498 e. The summed E-state index contributed by atoms with van der Waals surface area (Å²) in [6.45, 7) is 1.71. The number of hydrogen-bond acceptors (Lipinski definition) is 6. The SMILES string of the molecule is Cc1c(C)c(=O)[nH][n+](OC(=O)C(F)(F)F)c1Cc1ccc(F)c(C(=O)N2CCN(C(c3cccnc3)C(F)F)C(=O)C2)c1. The smallest absolute Gasteiger partial charge is 0.327 e. The number of H-pyrrole nitrogens is 1. The van der Waals surface area contributed by atoms with Gasteiger partial charge in [-0.25, -0.2) is 18.0 Å². The van der Waals surface area contributed by atoms with Crippen molar-refractivity contribution in [2.45, 2.75) is 38.9 Å². The van der Waals surface area contributed by atoms with Gasteiger partial charge in [0.25, 0.3) is 18.0 Å². The summed E-state index contributed by atoms with van der Waals surface area (Å²) in [6, 6.07) is 4.50. The molecule has 1 atom stereocenters. The van der Waals surface area contributed by atoms with E-state index in [1.54, 1.807) is 0 Å². The normalized spacial score (nSPS) is 14.7. The number of nitrogens with zero attached hydrogens (tertiary/aromatic N) is 4. The Kier molecular flexibility index (Phi) is 8.87. The fourth-order valence-electron chi connectivity index (χ4n) is 4.58. The lowest BCUT2D eigenvalue weighted by Crippen LogP contribution is -2.58. The molecule has 4 rings (SSSR count). The Morgan fingerprint density at radius 1 is 1.12 bits per heavy atom. The molecule has 2 amide bonds. The number of halogens is 6. The molecule has 0 spiro atoms. The summed E-state index contributed by atoms with van der Waals surface area (Å²) in [5.74, 6) is -5.30. The largest absolute Gasteiger partial charge is 0.498 e. The van der Waals surface area contributed by atoms with Crippen LogP contribution in [0.3, 0.4) is 0 Å². The highest BCUT2D eigenvalue weighted by Gasteiger charge is 2.46. The molecule has 1 saturated heterocycles. The Hall–Kier alpha value is -4.76. The number of pyridine rings is 1. The Labute approximate surface area is 239 Å². The fourth-order valence-corrected chi connectivity index (χ4v) is 4.58. The van der Waals surface area contributed by atoms with Crippen molar-refractivity contribution in [3.8, 4) is 0 Å². The van der Waals surface area contributed by atoms with Gasteiger partial charge >= 0.3 is 17.7 Å². The van der Waals surface area contributed by atoms with Crippen LogP contribution in [0.4, 0.5) is 26.3 Å². The summed E-state index contributed by atoms with van der Waals surface area (Å²) in [4.78, 5) is 60.1. The van der Waals surface area contributed by atoms with Crippen molar-refractivity contribution >= 4 is 17.8 Å². The zero-order valence-electron chi connectivity index (χ0n) is 22.6. The van der Waals surface area contributed by atoms with Gasteiger partial charge in [-0.1, -0.05) is 17.2 Å². The number of alkyl halides is 5. The number of carbonyl (C=O) groups is 3. The molecule has 10 nitrogen and oxygen atoms in total. The van der Waals surface area contributed by atoms with Crippen LogP contribution in [0, 0.1) is 19.7 Å². The highest BCUT2D eigenvalue weighted by Crippen LogP contribution is 2.29. The first-order chi connectivity index (χ1) is 20.2. The van der Waals surface area contributed by atoms with Crippen molar-refractivity contribution < 1.29 is 50.4 Å². The summed E-state index contributed by atoms with van der Waals surface area (Å²) in [6.07, 6.45) is -6.03. The highest BCUT2D eigenvalue weighted by atomic mass is 19.4. The van der Waals surface area contributed by atoms with E-state index >= 15 is 0 Å². The number of rotatable bonds is 7. The molecule has 0 radical (unpaired) electrons. The Balaban J connectivity index is 1.58. The molecule has 1 aromatic carbocycles. The Morgan fingerprint density at radius 3 is 2.44 bits per heavy atom. The van der Waals surface area contributed by atoms with Crippen molar-refractivity contribution in [1.82, 2.24) is 19.9 Å². The van der Waals surface area contributed by atoms with Gasteiger partial charge in [0.1, 0.15) is 23.2 Å². The molecular formula is C27H24F6N5O5+. The zero-order chi connectivity index (χ0) is 31.6. The van der Waals surface area contributed by atoms with Crippen LogP contribution in [0.15, 0.2) is 47.5 Å². The monoisotopic (exact) mass is 612 g/mol. The number of carbonyl (C=O) groups excluding carboxylic acids is 3. The molecule has 2 aromatic heterocycles. The zero-order valence-corrected chi connectivity index (χ0v) is 22.6. The van der Waals surface area contributed by atoms with Gasteiger partial charge in [-0.15, -0.1) is 0 Å². The summed E-state index contributed by atoms with van der Waals surface area (Å²) in [5.41, 5.74) is -0.860. The van der Waals surface area contributed by atoms with E-state index in [4.69, 9.17) is 0 Å². The van der Waals surface area contributed by atoms with E-state index < -0.39 is 59.9 Å². The molecule has 3 aromatic rings. The molecule has 0 saturated carbocycles. The first kappa shape index (κ1) is 31.2. The fraction of sp³-hybridized carbons (Fsp3) is 0.333. The van der Waals surface area contributed by atoms with E-state index in [2.05, 4.69) is 9.82 Å². The van der Waals surface area contributed by atoms with Gasteiger partial charge in [-0.05, 0) is 43.2 Å². The Morgan fingerprint density at radius 2 is 1.84 bits per heavy atom. The minimum atomic E-state index is -5.37. The van der Waals surface area contributed by atoms with Crippen molar-refractivity contribution in [2.24, 2.45) is 0 Å². The van der Waals surface area contributed by atoms with Crippen LogP contribution in [-0.4, -0.2) is 69.9 Å². The van der Waals surface area contributed by atoms with Crippen LogP contribution >= 0.6 is 0 Å². The quantitative estimate of drug-likeness (QED) is 0.323. The number of aromatic nitrogens is 3. The predicted molar refractivity (Wildman–Crippen MR) is 134 cm³/mol. The van der Waals surface area contributed by atoms with Crippen LogP contribution in [0.25, 0.3) is 0 Å². The maximum absolute atomic E-state index is 14.8. The van der Waals surface area contributed by atoms with E-state index in [1.807, 2.05) is 5.10 Å². The third-order valence-corrected chi connectivity index (χ3v) is 6.97. The minimum absolute atomic E-state index is 0.100. The second-order valence-corrected chi connectivity index (χ2v) is 9.68. The topological polar surface area (TPSA) is 117 Å². The van der Waals surface area contributed by atoms with E-state index in [9.17, 15) is 45.5 Å². The Bertz CT molecular complexity index is 1610. The molecular weight excluding hydrogens is 588 g/mol. The molecule has 16 heteroatoms. The van der Waals surface area contributed by atoms with Gasteiger partial charge in [-0.2, -0.15) is 18.0 Å². The van der Waals surface area contributed by atoms with E-state index in [-0.39, 0.29) is 52.3 Å². The number of benzene rings is 1. The van der Waals surface area contributed by atoms with Gasteiger partial charge in [0.05, 0.1) is 12.0 Å². The van der Waals surface area contributed by atoms with Crippen LogP contribution in [0.5, 0.6) is 0 Å². The third kappa shape index (κ3) is 6.67. The van der Waals surface area contributed by atoms with Gasteiger partial charge in [-0.3, -0.25) is 19.4 Å². The minimum Gasteiger partial charge on any atom is -0.327 e. The van der Waals surface area contributed by atoms with Gasteiger partial charge in [0.2, 0.25) is 5.91 Å². The van der Waals surface area contributed by atoms with Crippen molar-refractivity contribution in [3.63, 3.8) is 0 Å². The molecule has 0 bridgehead atoms. The second kappa shape index (κ2) is 12.2. The summed E-state index contributed by atoms with van der Waals surface area (Å²) in [5, 5.41) is 2.02. The van der Waals surface area contributed by atoms with E-state index in [1.165, 1.54) is 44.4 Å². The molecule has 0 aliphatic carbocycles. The van der Waals surface area contributed by atoms with Crippen molar-refractivity contribution in [1.29, 1.82) is 0 Å². The lowest BCUT2D eigenvalue weighted by atomic mass is 10.0. The number of nitrogens with one attached hydrogen (secondary N) is 1. The highest BCUT2D eigenvalue weighted by molar-refractivity contribution is 5.97. The van der Waals surface area contributed by atoms with Crippen LogP contribution in [0.2, 0.25) is 0 Å². The van der Waals surface area contributed by atoms with Crippen molar-refractivity contribution in [2.75, 3.05) is 19.6 Å². The lowest BCUT2D eigenvalue weighted by molar-refractivity contribution is -0.921. The summed E-state index contributed by atoms with van der Waals surface area (Å²) in [7, 11) is 0. The summed E-state index contributed by atoms with van der Waals surface area (Å²) < 4.78 is 81.1. The lowest BCUT2D eigenvalue weighted by Gasteiger charge is -2.38. The second-order valence-electron chi connectivity index (χ2n) is 9.68. The van der Waals surface area contributed by atoms with Crippen LogP contribution in [-0.2, 0) is 16.0 Å². The average Bonchev–Trinajstić information content (AvgIpc) is 2.95. The molecule has 1 unspecified atom stereocenters. The predicted octanol–water partition coefficient (Wildman–Crippen LogP) is 2.21. The molecule has 1 N–H and O–H groups in total. The van der Waals surface area contributed by atoms with E-state index in [0.29, 0.717) is 0 Å². The third-order valence-electron chi connectivity index (χ3n) is 6.97. The van der Waals surface area contributed by atoms with Gasteiger partial charge in [0.15, 0.2) is 0 Å². The molecule has 1 fully saturated rings. The average molecular weight is 613 g/mol.